The van der Waals surface area contributed by atoms with Gasteiger partial charge in [0.25, 0.3) is 0 Å². The van der Waals surface area contributed by atoms with Crippen molar-refractivity contribution < 1.29 is 4.74 Å². The van der Waals surface area contributed by atoms with Crippen LogP contribution in [0.25, 0.3) is 21.6 Å². The summed E-state index contributed by atoms with van der Waals surface area (Å²) in [5.74, 6) is 0.789. The Morgan fingerprint density at radius 1 is 1.36 bits per heavy atom. The number of azide groups is 1. The van der Waals surface area contributed by atoms with Crippen LogP contribution in [-0.2, 0) is 0 Å². The number of rotatable bonds is 3. The molecule has 0 saturated heterocycles. The molecule has 1 aliphatic rings. The van der Waals surface area contributed by atoms with Crippen LogP contribution in [-0.4, -0.2) is 19.2 Å². The number of para-hydroxylation sites is 1. The molecule has 1 N–H and O–H groups in total. The van der Waals surface area contributed by atoms with Crippen LogP contribution in [0.4, 0.5) is 5.69 Å². The van der Waals surface area contributed by atoms with Crippen molar-refractivity contribution in [1.29, 1.82) is 0 Å². The third-order valence-electron chi connectivity index (χ3n) is 3.65. The van der Waals surface area contributed by atoms with Gasteiger partial charge in [-0.15, -0.1) is 0 Å². The number of fused-ring (bicyclic) bond motifs is 1. The van der Waals surface area contributed by atoms with Crippen molar-refractivity contribution in [3.05, 3.63) is 57.4 Å². The minimum atomic E-state index is -0.169. The first-order valence-electron chi connectivity index (χ1n) is 7.00. The Morgan fingerprint density at radius 2 is 2.23 bits per heavy atom. The number of hydrogen-bond acceptors (Lipinski definition) is 3. The van der Waals surface area contributed by atoms with Crippen molar-refractivity contribution in [2.75, 3.05) is 18.4 Å². The molecule has 2 aromatic carbocycles. The Kier molecular flexibility index (Phi) is 4.09. The molecule has 1 aliphatic heterocycles. The van der Waals surface area contributed by atoms with Gasteiger partial charge in [-0.1, -0.05) is 34.9 Å². The van der Waals surface area contributed by atoms with Crippen LogP contribution in [0.15, 0.2) is 41.5 Å². The minimum Gasteiger partial charge on any atom is -0.486 e. The lowest BCUT2D eigenvalue weighted by molar-refractivity contribution is 0.215. The van der Waals surface area contributed by atoms with Crippen LogP contribution in [0.5, 0.6) is 5.75 Å². The summed E-state index contributed by atoms with van der Waals surface area (Å²) in [7, 11) is 0. The molecule has 112 valence electrons. The predicted octanol–water partition coefficient (Wildman–Crippen LogP) is 4.80. The zero-order chi connectivity index (χ0) is 15.5. The van der Waals surface area contributed by atoms with Gasteiger partial charge >= 0.3 is 0 Å². The second kappa shape index (κ2) is 6.18. The second-order valence-electron chi connectivity index (χ2n) is 5.18. The summed E-state index contributed by atoms with van der Waals surface area (Å²) in [6.45, 7) is 2.94. The Balaban J connectivity index is 2.02. The number of ether oxygens (including phenoxy) is 1. The normalized spacial score (nSPS) is 16.0. The molecule has 0 unspecified atom stereocenters. The van der Waals surface area contributed by atoms with E-state index in [9.17, 15) is 0 Å². The summed E-state index contributed by atoms with van der Waals surface area (Å²) in [4.78, 5) is 2.79. The van der Waals surface area contributed by atoms with Crippen molar-refractivity contribution in [3.63, 3.8) is 0 Å². The van der Waals surface area contributed by atoms with Gasteiger partial charge in [0, 0.05) is 15.5 Å². The van der Waals surface area contributed by atoms with Gasteiger partial charge in [-0.2, -0.15) is 0 Å². The van der Waals surface area contributed by atoms with E-state index in [0.29, 0.717) is 18.1 Å². The molecule has 0 saturated carbocycles. The maximum absolute atomic E-state index is 8.46. The number of anilines is 1. The van der Waals surface area contributed by atoms with Crippen molar-refractivity contribution in [2.24, 2.45) is 5.11 Å². The van der Waals surface area contributed by atoms with Crippen LogP contribution >= 0.6 is 11.6 Å². The lowest BCUT2D eigenvalue weighted by atomic mass is 9.98. The molecule has 0 fully saturated rings. The molecule has 0 amide bonds. The highest BCUT2D eigenvalue weighted by atomic mass is 35.5. The summed E-state index contributed by atoms with van der Waals surface area (Å²) in [6, 6.07) is 11.8. The van der Waals surface area contributed by atoms with Gasteiger partial charge < -0.3 is 10.1 Å². The van der Waals surface area contributed by atoms with Crippen LogP contribution in [0, 0.1) is 6.92 Å². The monoisotopic (exact) mass is 314 g/mol. The molecule has 0 bridgehead atoms. The van der Waals surface area contributed by atoms with E-state index in [1.807, 2.05) is 43.3 Å². The van der Waals surface area contributed by atoms with Crippen LogP contribution in [0.3, 0.4) is 0 Å². The van der Waals surface area contributed by atoms with Crippen molar-refractivity contribution in [3.8, 4) is 16.9 Å². The van der Waals surface area contributed by atoms with Gasteiger partial charge in [0.05, 0.1) is 18.8 Å². The summed E-state index contributed by atoms with van der Waals surface area (Å²) in [6.07, 6.45) is -0.169. The largest absolute Gasteiger partial charge is 0.486 e. The maximum Gasteiger partial charge on any atom is 0.150 e. The average Bonchev–Trinajstić information content (AvgIpc) is 2.52. The SMILES string of the molecule is Cc1cc(Cl)ccc1-c1cccc2c1O[C@@H](CN=[N+]=[N-])CN2. The van der Waals surface area contributed by atoms with E-state index in [-0.39, 0.29) is 6.10 Å². The van der Waals surface area contributed by atoms with Gasteiger partial charge in [-0.3, -0.25) is 0 Å². The van der Waals surface area contributed by atoms with Crippen LogP contribution in [0.1, 0.15) is 5.56 Å². The Bertz CT molecular complexity index is 756. The third-order valence-corrected chi connectivity index (χ3v) is 3.88. The number of aryl methyl sites for hydroxylation is 1. The standard InChI is InChI=1S/C16H15ClN4O/c1-10-7-11(17)5-6-13(10)14-3-2-4-15-16(14)22-12(8-19-15)9-20-21-18/h2-7,12,19H,8-9H2,1H3/t12-/m1/s1. The Hall–Kier alpha value is -2.36. The lowest BCUT2D eigenvalue weighted by Crippen LogP contribution is -2.33. The third kappa shape index (κ3) is 2.82. The lowest BCUT2D eigenvalue weighted by Gasteiger charge is -2.28. The van der Waals surface area contributed by atoms with Gasteiger partial charge in [-0.05, 0) is 41.8 Å². The zero-order valence-electron chi connectivity index (χ0n) is 12.1. The summed E-state index contributed by atoms with van der Waals surface area (Å²) >= 11 is 6.04. The maximum atomic E-state index is 8.46. The topological polar surface area (TPSA) is 70.0 Å². The van der Waals surface area contributed by atoms with E-state index in [1.165, 1.54) is 0 Å². The Labute approximate surface area is 133 Å². The van der Waals surface area contributed by atoms with E-state index >= 15 is 0 Å². The molecule has 1 atom stereocenters. The first-order chi connectivity index (χ1) is 10.7. The fraction of sp³-hybridized carbons (Fsp3) is 0.250. The Morgan fingerprint density at radius 3 is 3.00 bits per heavy atom. The highest BCUT2D eigenvalue weighted by Crippen LogP contribution is 2.40. The van der Waals surface area contributed by atoms with Crippen molar-refractivity contribution in [1.82, 2.24) is 0 Å². The number of nitrogens with zero attached hydrogens (tertiary/aromatic N) is 3. The smallest absolute Gasteiger partial charge is 0.150 e. The fourth-order valence-electron chi connectivity index (χ4n) is 2.61. The number of nitrogens with one attached hydrogen (secondary N) is 1. The number of benzene rings is 2. The molecule has 3 rings (SSSR count). The summed E-state index contributed by atoms with van der Waals surface area (Å²) < 4.78 is 6.04. The highest BCUT2D eigenvalue weighted by Gasteiger charge is 2.22. The molecular formula is C16H15ClN4O. The van der Waals surface area contributed by atoms with Gasteiger partial charge in [0.2, 0.25) is 0 Å². The average molecular weight is 315 g/mol. The molecule has 0 aliphatic carbocycles. The van der Waals surface area contributed by atoms with Gasteiger partial charge in [0.1, 0.15) is 6.10 Å². The van der Waals surface area contributed by atoms with Gasteiger partial charge in [-0.25, -0.2) is 0 Å². The molecule has 1 heterocycles. The molecule has 2 aromatic rings. The fourth-order valence-corrected chi connectivity index (χ4v) is 2.83. The van der Waals surface area contributed by atoms with Crippen LogP contribution in [0.2, 0.25) is 5.02 Å². The van der Waals surface area contributed by atoms with Crippen molar-refractivity contribution in [2.45, 2.75) is 13.0 Å². The van der Waals surface area contributed by atoms with E-state index < -0.39 is 0 Å². The molecular weight excluding hydrogens is 300 g/mol. The molecule has 6 heteroatoms. The zero-order valence-corrected chi connectivity index (χ0v) is 12.8. The molecule has 5 nitrogen and oxygen atoms in total. The van der Waals surface area contributed by atoms with Crippen LogP contribution < -0.4 is 10.1 Å². The van der Waals surface area contributed by atoms with Crippen molar-refractivity contribution >= 4 is 17.3 Å². The predicted molar refractivity (Wildman–Crippen MR) is 88.5 cm³/mol. The number of halogens is 1. The quantitative estimate of drug-likeness (QED) is 0.502. The minimum absolute atomic E-state index is 0.169. The van der Waals surface area contributed by atoms with E-state index in [0.717, 1.165) is 28.1 Å². The summed E-state index contributed by atoms with van der Waals surface area (Å²) in [5.41, 5.74) is 12.6. The molecule has 0 aromatic heterocycles. The van der Waals surface area contributed by atoms with E-state index in [4.69, 9.17) is 21.9 Å². The number of hydrogen-bond donors (Lipinski definition) is 1. The van der Waals surface area contributed by atoms with Gasteiger partial charge in [0.15, 0.2) is 5.75 Å². The first kappa shape index (κ1) is 14.6. The molecule has 0 spiro atoms. The highest BCUT2D eigenvalue weighted by molar-refractivity contribution is 6.30. The second-order valence-corrected chi connectivity index (χ2v) is 5.61. The summed E-state index contributed by atoms with van der Waals surface area (Å²) in [5, 5.41) is 7.64. The van der Waals surface area contributed by atoms with E-state index in [1.54, 1.807) is 0 Å². The van der Waals surface area contributed by atoms with E-state index in [2.05, 4.69) is 15.3 Å². The molecule has 0 radical (unpaired) electrons. The first-order valence-corrected chi connectivity index (χ1v) is 7.38. The molecule has 22 heavy (non-hydrogen) atoms.